The molecule has 0 aromatic rings. The van der Waals surface area contributed by atoms with Crippen LogP contribution in [0.15, 0.2) is 12.2 Å². The lowest BCUT2D eigenvalue weighted by Crippen LogP contribution is -2.18. The molecule has 0 aromatic heterocycles. The van der Waals surface area contributed by atoms with E-state index in [2.05, 4.69) is 27.4 Å². The van der Waals surface area contributed by atoms with E-state index in [0.717, 1.165) is 29.6 Å². The Hall–Kier alpha value is -0.260. The maximum absolute atomic E-state index is 4.35. The molecule has 0 saturated heterocycles. The van der Waals surface area contributed by atoms with E-state index in [1.165, 1.54) is 25.7 Å². The third kappa shape index (κ3) is 1.20. The number of rotatable bonds is 0. The second kappa shape index (κ2) is 2.90. The van der Waals surface area contributed by atoms with Gasteiger partial charge in [0.1, 0.15) is 0 Å². The molecule has 3 aliphatic rings. The van der Waals surface area contributed by atoms with Crippen molar-refractivity contribution in [3.63, 3.8) is 0 Å². The van der Waals surface area contributed by atoms with Crippen LogP contribution in [0.5, 0.6) is 0 Å². The van der Waals surface area contributed by atoms with Crippen molar-refractivity contribution in [2.24, 2.45) is 35.0 Å². The SMILES string of the molecule is C=C1CC[C@H]2[C@@H]([C@@H]3[C@H](C)CC[C@H]13)C2(C)C. The molecule has 0 radical (unpaired) electrons. The average molecular weight is 204 g/mol. The molecule has 0 heteroatoms. The lowest BCUT2D eigenvalue weighted by atomic mass is 9.80. The molecule has 5 atom stereocenters. The molecule has 0 N–H and O–H groups in total. The zero-order valence-electron chi connectivity index (χ0n) is 10.4. The maximum atomic E-state index is 4.35. The first kappa shape index (κ1) is 9.93. The van der Waals surface area contributed by atoms with Crippen molar-refractivity contribution in [3.05, 3.63) is 12.2 Å². The van der Waals surface area contributed by atoms with Crippen LogP contribution in [0.1, 0.15) is 46.5 Å². The monoisotopic (exact) mass is 204 g/mol. The molecule has 0 nitrogen and oxygen atoms in total. The van der Waals surface area contributed by atoms with Gasteiger partial charge in [0.2, 0.25) is 0 Å². The summed E-state index contributed by atoms with van der Waals surface area (Å²) in [5, 5.41) is 0. The van der Waals surface area contributed by atoms with Crippen molar-refractivity contribution in [2.45, 2.75) is 46.5 Å². The van der Waals surface area contributed by atoms with Gasteiger partial charge in [-0.1, -0.05) is 32.9 Å². The van der Waals surface area contributed by atoms with Crippen LogP contribution in [0.25, 0.3) is 0 Å². The van der Waals surface area contributed by atoms with Crippen molar-refractivity contribution in [2.75, 3.05) is 0 Å². The highest BCUT2D eigenvalue weighted by molar-refractivity contribution is 5.20. The van der Waals surface area contributed by atoms with Crippen LogP contribution in [0, 0.1) is 35.0 Å². The third-order valence-corrected chi connectivity index (χ3v) is 5.91. The fraction of sp³-hybridized carbons (Fsp3) is 0.867. The van der Waals surface area contributed by atoms with E-state index in [4.69, 9.17) is 0 Å². The molecule has 3 fully saturated rings. The van der Waals surface area contributed by atoms with Crippen molar-refractivity contribution >= 4 is 0 Å². The lowest BCUT2D eigenvalue weighted by Gasteiger charge is -2.25. The van der Waals surface area contributed by atoms with Gasteiger partial charge in [-0.25, -0.2) is 0 Å². The van der Waals surface area contributed by atoms with Gasteiger partial charge in [0, 0.05) is 0 Å². The second-order valence-corrected chi connectivity index (χ2v) is 6.89. The molecule has 84 valence electrons. The van der Waals surface area contributed by atoms with E-state index in [0.29, 0.717) is 5.41 Å². The number of hydrogen-bond donors (Lipinski definition) is 0. The van der Waals surface area contributed by atoms with Crippen LogP contribution in [0.2, 0.25) is 0 Å². The Bertz CT molecular complexity index is 299. The van der Waals surface area contributed by atoms with Gasteiger partial charge in [0.25, 0.3) is 0 Å². The number of fused-ring (bicyclic) bond motifs is 3. The quantitative estimate of drug-likeness (QED) is 0.517. The Morgan fingerprint density at radius 3 is 2.67 bits per heavy atom. The summed E-state index contributed by atoms with van der Waals surface area (Å²) in [6.07, 6.45) is 5.63. The maximum Gasteiger partial charge on any atom is -0.0172 e. The minimum Gasteiger partial charge on any atom is -0.0996 e. The molecule has 0 unspecified atom stereocenters. The highest BCUT2D eigenvalue weighted by atomic mass is 14.7. The Kier molecular flexibility index (Phi) is 1.92. The van der Waals surface area contributed by atoms with Gasteiger partial charge >= 0.3 is 0 Å². The van der Waals surface area contributed by atoms with E-state index in [9.17, 15) is 0 Å². The molecule has 3 aliphatic carbocycles. The lowest BCUT2D eigenvalue weighted by molar-refractivity contribution is 0.280. The summed E-state index contributed by atoms with van der Waals surface area (Å²) >= 11 is 0. The van der Waals surface area contributed by atoms with E-state index >= 15 is 0 Å². The molecule has 0 heterocycles. The highest BCUT2D eigenvalue weighted by Gasteiger charge is 2.64. The smallest absolute Gasteiger partial charge is 0.0172 e. The summed E-state index contributed by atoms with van der Waals surface area (Å²) in [4.78, 5) is 0. The van der Waals surface area contributed by atoms with Crippen LogP contribution < -0.4 is 0 Å². The van der Waals surface area contributed by atoms with Gasteiger partial charge in [0.15, 0.2) is 0 Å². The Morgan fingerprint density at radius 1 is 1.20 bits per heavy atom. The van der Waals surface area contributed by atoms with Crippen molar-refractivity contribution in [1.29, 1.82) is 0 Å². The minimum absolute atomic E-state index is 0.655. The predicted octanol–water partition coefficient (Wildman–Crippen LogP) is 4.27. The van der Waals surface area contributed by atoms with Crippen molar-refractivity contribution < 1.29 is 0 Å². The first-order chi connectivity index (χ1) is 7.03. The Labute approximate surface area is 94.1 Å². The van der Waals surface area contributed by atoms with Gasteiger partial charge in [-0.2, -0.15) is 0 Å². The topological polar surface area (TPSA) is 0 Å². The molecule has 15 heavy (non-hydrogen) atoms. The highest BCUT2D eigenvalue weighted by Crippen LogP contribution is 2.70. The molecule has 0 amide bonds. The van der Waals surface area contributed by atoms with Crippen molar-refractivity contribution in [3.8, 4) is 0 Å². The van der Waals surface area contributed by atoms with Crippen LogP contribution in [-0.4, -0.2) is 0 Å². The fourth-order valence-electron chi connectivity index (χ4n) is 4.93. The molecular weight excluding hydrogens is 180 g/mol. The van der Waals surface area contributed by atoms with Gasteiger partial charge in [-0.15, -0.1) is 0 Å². The summed E-state index contributed by atoms with van der Waals surface area (Å²) in [6.45, 7) is 11.8. The van der Waals surface area contributed by atoms with Gasteiger partial charge in [0.05, 0.1) is 0 Å². The van der Waals surface area contributed by atoms with Crippen LogP contribution in [0.4, 0.5) is 0 Å². The number of allylic oxidation sites excluding steroid dienone is 1. The van der Waals surface area contributed by atoms with Crippen molar-refractivity contribution in [1.82, 2.24) is 0 Å². The molecule has 0 spiro atoms. The first-order valence-corrected chi connectivity index (χ1v) is 6.71. The normalized spacial score (nSPS) is 51.9. The van der Waals surface area contributed by atoms with Crippen LogP contribution in [0.3, 0.4) is 0 Å². The fourth-order valence-corrected chi connectivity index (χ4v) is 4.93. The summed E-state index contributed by atoms with van der Waals surface area (Å²) in [5.74, 6) is 4.87. The number of hydrogen-bond acceptors (Lipinski definition) is 0. The standard InChI is InChI=1S/C15H24/c1-9-6-8-12-14(15(12,3)4)13-10(2)5-7-11(9)13/h10-14H,1,5-8H2,2-4H3/t10-,11-,12+,13-,14+/m1/s1. The summed E-state index contributed by atoms with van der Waals surface area (Å²) < 4.78 is 0. The van der Waals surface area contributed by atoms with E-state index in [1.54, 1.807) is 5.57 Å². The van der Waals surface area contributed by atoms with E-state index in [-0.39, 0.29) is 0 Å². The zero-order chi connectivity index (χ0) is 10.8. The molecule has 0 bridgehead atoms. The zero-order valence-corrected chi connectivity index (χ0v) is 10.4. The second-order valence-electron chi connectivity index (χ2n) is 6.89. The van der Waals surface area contributed by atoms with E-state index in [1.807, 2.05) is 0 Å². The molecule has 0 aliphatic heterocycles. The Morgan fingerprint density at radius 2 is 1.93 bits per heavy atom. The van der Waals surface area contributed by atoms with E-state index < -0.39 is 0 Å². The summed E-state index contributed by atoms with van der Waals surface area (Å²) in [7, 11) is 0. The van der Waals surface area contributed by atoms with Gasteiger partial charge < -0.3 is 0 Å². The minimum atomic E-state index is 0.655. The third-order valence-electron chi connectivity index (χ3n) is 5.91. The Balaban J connectivity index is 1.93. The molecule has 3 rings (SSSR count). The first-order valence-electron chi connectivity index (χ1n) is 6.71. The molecule has 3 saturated carbocycles. The predicted molar refractivity (Wildman–Crippen MR) is 64.5 cm³/mol. The summed E-state index contributed by atoms with van der Waals surface area (Å²) in [6, 6.07) is 0. The molecular formula is C15H24. The largest absolute Gasteiger partial charge is 0.0996 e. The van der Waals surface area contributed by atoms with Gasteiger partial charge in [-0.3, -0.25) is 0 Å². The molecule has 0 aromatic carbocycles. The summed E-state index contributed by atoms with van der Waals surface area (Å²) in [5.41, 5.74) is 2.25. The van der Waals surface area contributed by atoms with Gasteiger partial charge in [-0.05, 0) is 60.7 Å². The van der Waals surface area contributed by atoms with Crippen LogP contribution >= 0.6 is 0 Å². The van der Waals surface area contributed by atoms with Crippen LogP contribution in [-0.2, 0) is 0 Å². The average Bonchev–Trinajstić information content (AvgIpc) is 2.55.